The first-order valence-corrected chi connectivity index (χ1v) is 11.2. The first-order valence-electron chi connectivity index (χ1n) is 11.2. The lowest BCUT2D eigenvalue weighted by Crippen LogP contribution is -2.58. The zero-order valence-electron chi connectivity index (χ0n) is 19.3. The highest BCUT2D eigenvalue weighted by Gasteiger charge is 2.30. The molecule has 0 saturated carbocycles. The Morgan fingerprint density at radius 1 is 1.04 bits per heavy atom. The summed E-state index contributed by atoms with van der Waals surface area (Å²) in [4.78, 5) is 12.4. The lowest BCUT2D eigenvalue weighted by atomic mass is 9.87. The van der Waals surface area contributed by atoms with E-state index in [2.05, 4.69) is 71.8 Å². The van der Waals surface area contributed by atoms with Crippen LogP contribution in [0.3, 0.4) is 0 Å². The normalized spacial score (nSPS) is 24.6. The van der Waals surface area contributed by atoms with Crippen LogP contribution in [0.4, 0.5) is 5.82 Å². The molecule has 28 heavy (non-hydrogen) atoms. The average Bonchev–Trinajstić information content (AvgIpc) is 2.69. The van der Waals surface area contributed by atoms with Gasteiger partial charge in [-0.2, -0.15) is 0 Å². The lowest BCUT2D eigenvalue weighted by molar-refractivity contribution is 0.107. The van der Waals surface area contributed by atoms with Crippen molar-refractivity contribution in [3.8, 4) is 0 Å². The van der Waals surface area contributed by atoms with Crippen molar-refractivity contribution in [1.82, 2.24) is 20.1 Å². The maximum absolute atomic E-state index is 4.68. The lowest BCUT2D eigenvalue weighted by Gasteiger charge is -2.45. The van der Waals surface area contributed by atoms with Crippen molar-refractivity contribution in [1.29, 1.82) is 0 Å². The molecule has 2 fully saturated rings. The molecule has 1 aromatic rings. The van der Waals surface area contributed by atoms with Crippen LogP contribution in [0.1, 0.15) is 54.0 Å². The number of piperazine rings is 2. The predicted molar refractivity (Wildman–Crippen MR) is 121 cm³/mol. The molecule has 2 aliphatic rings. The summed E-state index contributed by atoms with van der Waals surface area (Å²) in [6, 6.07) is 5.55. The Balaban J connectivity index is 0.00000136. The highest BCUT2D eigenvalue weighted by Crippen LogP contribution is 2.27. The highest BCUT2D eigenvalue weighted by atomic mass is 15.3. The number of hydrogen-bond donors (Lipinski definition) is 1. The third kappa shape index (κ3) is 6.16. The zero-order valence-corrected chi connectivity index (χ0v) is 19.3. The van der Waals surface area contributed by atoms with Crippen molar-refractivity contribution in [2.45, 2.75) is 66.0 Å². The van der Waals surface area contributed by atoms with Crippen molar-refractivity contribution < 1.29 is 0 Å². The van der Waals surface area contributed by atoms with Crippen LogP contribution in [0.25, 0.3) is 0 Å². The van der Waals surface area contributed by atoms with Gasteiger partial charge in [-0.1, -0.05) is 34.6 Å². The summed E-state index contributed by atoms with van der Waals surface area (Å²) >= 11 is 0. The second kappa shape index (κ2) is 10.6. The monoisotopic (exact) mass is 389 g/mol. The van der Waals surface area contributed by atoms with E-state index in [0.29, 0.717) is 12.1 Å². The molecule has 2 saturated heterocycles. The van der Waals surface area contributed by atoms with Crippen LogP contribution < -0.4 is 10.2 Å². The second-order valence-corrected chi connectivity index (χ2v) is 9.09. The summed E-state index contributed by atoms with van der Waals surface area (Å²) in [6.07, 6.45) is 1.97. The van der Waals surface area contributed by atoms with E-state index in [1.165, 1.54) is 31.7 Å². The van der Waals surface area contributed by atoms with Gasteiger partial charge in [0.05, 0.1) is 0 Å². The Morgan fingerprint density at radius 2 is 1.64 bits per heavy atom. The number of anilines is 1. The fourth-order valence-corrected chi connectivity index (χ4v) is 4.23. The Hall–Kier alpha value is -1.17. The Labute approximate surface area is 173 Å². The van der Waals surface area contributed by atoms with Gasteiger partial charge >= 0.3 is 0 Å². The first kappa shape index (κ1) is 23.1. The standard InChI is InChI=1S/C21H37N5.C2H6/c1-17-15-25(20-14-19(6-7-23-20)21(3,4)5)16-18(2)26(17)13-12-24-10-8-22-9-11-24;1-2/h6-7,14,17-18,22H,8-13,15-16H2,1-5H3;1-2H3/t17-,18+;. The van der Waals surface area contributed by atoms with Crippen LogP contribution in [0.15, 0.2) is 18.3 Å². The van der Waals surface area contributed by atoms with Gasteiger partial charge in [0.25, 0.3) is 0 Å². The van der Waals surface area contributed by atoms with E-state index >= 15 is 0 Å². The minimum Gasteiger partial charge on any atom is -0.353 e. The van der Waals surface area contributed by atoms with E-state index in [1.807, 2.05) is 20.0 Å². The summed E-state index contributed by atoms with van der Waals surface area (Å²) < 4.78 is 0. The van der Waals surface area contributed by atoms with E-state index in [4.69, 9.17) is 0 Å². The van der Waals surface area contributed by atoms with Gasteiger partial charge in [0.1, 0.15) is 5.82 Å². The maximum atomic E-state index is 4.68. The van der Waals surface area contributed by atoms with E-state index in [0.717, 1.165) is 32.0 Å². The number of nitrogens with zero attached hydrogens (tertiary/aromatic N) is 4. The van der Waals surface area contributed by atoms with Gasteiger partial charge in [-0.15, -0.1) is 0 Å². The van der Waals surface area contributed by atoms with Crippen LogP contribution in [-0.4, -0.2) is 79.2 Å². The van der Waals surface area contributed by atoms with E-state index < -0.39 is 0 Å². The third-order valence-corrected chi connectivity index (χ3v) is 5.92. The molecule has 0 aromatic carbocycles. The van der Waals surface area contributed by atoms with Crippen molar-refractivity contribution in [3.63, 3.8) is 0 Å². The van der Waals surface area contributed by atoms with Crippen molar-refractivity contribution >= 4 is 5.82 Å². The average molecular weight is 390 g/mol. The molecular formula is C23H43N5. The molecule has 5 heteroatoms. The molecule has 2 atom stereocenters. The molecule has 5 nitrogen and oxygen atoms in total. The molecular weight excluding hydrogens is 346 g/mol. The number of rotatable bonds is 4. The van der Waals surface area contributed by atoms with Crippen molar-refractivity contribution in [2.75, 3.05) is 57.3 Å². The Morgan fingerprint density at radius 3 is 2.21 bits per heavy atom. The minimum atomic E-state index is 0.167. The summed E-state index contributed by atoms with van der Waals surface area (Å²) in [7, 11) is 0. The fourth-order valence-electron chi connectivity index (χ4n) is 4.23. The summed E-state index contributed by atoms with van der Waals surface area (Å²) in [6.45, 7) is 24.7. The second-order valence-electron chi connectivity index (χ2n) is 9.09. The van der Waals surface area contributed by atoms with Crippen LogP contribution >= 0.6 is 0 Å². The fraction of sp³-hybridized carbons (Fsp3) is 0.783. The topological polar surface area (TPSA) is 34.6 Å². The molecule has 160 valence electrons. The molecule has 1 aromatic heterocycles. The highest BCUT2D eigenvalue weighted by molar-refractivity contribution is 5.44. The molecule has 2 aliphatic heterocycles. The summed E-state index contributed by atoms with van der Waals surface area (Å²) in [5.74, 6) is 1.14. The first-order chi connectivity index (χ1) is 13.3. The van der Waals surface area contributed by atoms with Gasteiger partial charge < -0.3 is 10.2 Å². The number of pyridine rings is 1. The van der Waals surface area contributed by atoms with E-state index in [9.17, 15) is 0 Å². The Kier molecular flexibility index (Phi) is 8.72. The molecule has 1 N–H and O–H groups in total. The van der Waals surface area contributed by atoms with Crippen LogP contribution in [0.5, 0.6) is 0 Å². The van der Waals surface area contributed by atoms with Gasteiger partial charge in [-0.05, 0) is 37.0 Å². The Bertz CT molecular complexity index is 565. The summed E-state index contributed by atoms with van der Waals surface area (Å²) in [5, 5.41) is 3.44. The largest absolute Gasteiger partial charge is 0.353 e. The van der Waals surface area contributed by atoms with Gasteiger partial charge in [0.2, 0.25) is 0 Å². The molecule has 3 rings (SSSR count). The third-order valence-electron chi connectivity index (χ3n) is 5.92. The molecule has 0 aliphatic carbocycles. The number of aromatic nitrogens is 1. The van der Waals surface area contributed by atoms with Gasteiger partial charge in [-0.25, -0.2) is 4.98 Å². The molecule has 0 radical (unpaired) electrons. The van der Waals surface area contributed by atoms with Gasteiger partial charge in [-0.3, -0.25) is 9.80 Å². The number of nitrogens with one attached hydrogen (secondary N) is 1. The molecule has 0 amide bonds. The molecule has 0 spiro atoms. The van der Waals surface area contributed by atoms with Gasteiger partial charge in [0.15, 0.2) is 0 Å². The van der Waals surface area contributed by atoms with Crippen molar-refractivity contribution in [2.24, 2.45) is 0 Å². The SMILES string of the molecule is CC.C[C@@H]1CN(c2cc(C(C)(C)C)ccn2)C[C@H](C)N1CCN1CCNCC1. The van der Waals surface area contributed by atoms with Crippen LogP contribution in [0, 0.1) is 0 Å². The number of hydrogen-bond acceptors (Lipinski definition) is 5. The van der Waals surface area contributed by atoms with E-state index in [1.54, 1.807) is 0 Å². The quantitative estimate of drug-likeness (QED) is 0.855. The summed E-state index contributed by atoms with van der Waals surface area (Å²) in [5.41, 5.74) is 1.53. The molecule has 3 heterocycles. The van der Waals surface area contributed by atoms with E-state index in [-0.39, 0.29) is 5.41 Å². The molecule has 0 unspecified atom stereocenters. The minimum absolute atomic E-state index is 0.167. The predicted octanol–water partition coefficient (Wildman–Crippen LogP) is 3.21. The van der Waals surface area contributed by atoms with Crippen molar-refractivity contribution in [3.05, 3.63) is 23.9 Å². The van der Waals surface area contributed by atoms with Crippen LogP contribution in [-0.2, 0) is 5.41 Å². The maximum Gasteiger partial charge on any atom is 0.128 e. The van der Waals surface area contributed by atoms with Gasteiger partial charge in [0, 0.05) is 70.6 Å². The van der Waals surface area contributed by atoms with Crippen LogP contribution in [0.2, 0.25) is 0 Å². The molecule has 0 bridgehead atoms. The smallest absolute Gasteiger partial charge is 0.128 e. The zero-order chi connectivity index (χ0) is 20.7.